The van der Waals surface area contributed by atoms with E-state index in [1.165, 1.54) is 5.56 Å². The maximum Gasteiger partial charge on any atom is 0.0917 e. The van der Waals surface area contributed by atoms with Gasteiger partial charge in [0.15, 0.2) is 0 Å². The summed E-state index contributed by atoms with van der Waals surface area (Å²) >= 11 is 0. The Kier molecular flexibility index (Phi) is 7.06. The normalized spacial score (nSPS) is 13.2. The van der Waals surface area contributed by atoms with Crippen LogP contribution in [0.5, 0.6) is 0 Å². The van der Waals surface area contributed by atoms with Crippen LogP contribution < -0.4 is 0 Å². The molecule has 0 saturated carbocycles. The van der Waals surface area contributed by atoms with E-state index in [1.807, 2.05) is 12.1 Å². The predicted molar refractivity (Wildman–Crippen MR) is 79.4 cm³/mol. The van der Waals surface area contributed by atoms with Crippen molar-refractivity contribution in [3.63, 3.8) is 0 Å². The van der Waals surface area contributed by atoms with Gasteiger partial charge in [-0.05, 0) is 31.4 Å². The zero-order valence-electron chi connectivity index (χ0n) is 12.6. The topological polar surface area (TPSA) is 32.7 Å². The smallest absolute Gasteiger partial charge is 0.0917 e. The van der Waals surface area contributed by atoms with Crippen LogP contribution in [0, 0.1) is 0 Å². The molecule has 3 heteroatoms. The number of ether oxygens (including phenoxy) is 1. The molecular formula is C16H27NO2. The summed E-state index contributed by atoms with van der Waals surface area (Å²) in [5, 5.41) is 10.3. The molecule has 1 N–H and O–H groups in total. The molecule has 0 aromatic heterocycles. The Morgan fingerprint density at radius 3 is 2.32 bits per heavy atom. The van der Waals surface area contributed by atoms with Gasteiger partial charge in [0.25, 0.3) is 0 Å². The summed E-state index contributed by atoms with van der Waals surface area (Å²) in [6, 6.07) is 8.64. The summed E-state index contributed by atoms with van der Waals surface area (Å²) in [5.41, 5.74) is 2.29. The molecule has 0 heterocycles. The number of aliphatic hydroxyl groups is 1. The summed E-state index contributed by atoms with van der Waals surface area (Å²) < 4.78 is 5.12. The monoisotopic (exact) mass is 265 g/mol. The molecule has 0 aliphatic rings. The Labute approximate surface area is 117 Å². The molecule has 0 aliphatic heterocycles. The standard InChI is InChI=1S/C16H27NO2/c1-5-14-6-8-15(9-7-14)16(18)12-17(13(2)3)10-11-19-4/h6-9,13,16,18H,5,10-12H2,1-4H3. The molecule has 0 radical (unpaired) electrons. The molecule has 0 fully saturated rings. The number of methoxy groups -OCH3 is 1. The highest BCUT2D eigenvalue weighted by atomic mass is 16.5. The van der Waals surface area contributed by atoms with E-state index in [1.54, 1.807) is 7.11 Å². The third-order valence-corrected chi connectivity index (χ3v) is 3.49. The fourth-order valence-electron chi connectivity index (χ4n) is 2.07. The lowest BCUT2D eigenvalue weighted by Gasteiger charge is -2.28. The van der Waals surface area contributed by atoms with Crippen molar-refractivity contribution in [2.75, 3.05) is 26.8 Å². The average molecular weight is 265 g/mol. The second-order valence-electron chi connectivity index (χ2n) is 5.19. The van der Waals surface area contributed by atoms with Crippen molar-refractivity contribution in [3.8, 4) is 0 Å². The van der Waals surface area contributed by atoms with Crippen LogP contribution in [0.2, 0.25) is 0 Å². The van der Waals surface area contributed by atoms with E-state index in [4.69, 9.17) is 4.74 Å². The van der Waals surface area contributed by atoms with Gasteiger partial charge in [-0.1, -0.05) is 31.2 Å². The third-order valence-electron chi connectivity index (χ3n) is 3.49. The number of hydrogen-bond donors (Lipinski definition) is 1. The Bertz CT molecular complexity index is 348. The molecule has 1 aromatic rings. The summed E-state index contributed by atoms with van der Waals surface area (Å²) in [4.78, 5) is 2.24. The first-order valence-corrected chi connectivity index (χ1v) is 7.08. The fraction of sp³-hybridized carbons (Fsp3) is 0.625. The first-order valence-electron chi connectivity index (χ1n) is 7.08. The Morgan fingerprint density at radius 1 is 1.21 bits per heavy atom. The molecule has 1 unspecified atom stereocenters. The van der Waals surface area contributed by atoms with Gasteiger partial charge in [-0.25, -0.2) is 0 Å². The maximum absolute atomic E-state index is 10.3. The summed E-state index contributed by atoms with van der Waals surface area (Å²) in [5.74, 6) is 0. The second-order valence-corrected chi connectivity index (χ2v) is 5.19. The van der Waals surface area contributed by atoms with E-state index in [-0.39, 0.29) is 0 Å². The maximum atomic E-state index is 10.3. The van der Waals surface area contributed by atoms with E-state index in [9.17, 15) is 5.11 Å². The highest BCUT2D eigenvalue weighted by Crippen LogP contribution is 2.16. The number of benzene rings is 1. The molecule has 0 spiro atoms. The van der Waals surface area contributed by atoms with E-state index >= 15 is 0 Å². The number of aliphatic hydroxyl groups excluding tert-OH is 1. The van der Waals surface area contributed by atoms with Gasteiger partial charge in [0, 0.05) is 26.2 Å². The first kappa shape index (κ1) is 16.2. The van der Waals surface area contributed by atoms with Crippen LogP contribution in [0.3, 0.4) is 0 Å². The average Bonchev–Trinajstić information content (AvgIpc) is 2.43. The van der Waals surface area contributed by atoms with Crippen LogP contribution in [0.25, 0.3) is 0 Å². The minimum absolute atomic E-state index is 0.403. The highest BCUT2D eigenvalue weighted by Gasteiger charge is 2.15. The Morgan fingerprint density at radius 2 is 1.84 bits per heavy atom. The molecule has 0 aliphatic carbocycles. The molecule has 3 nitrogen and oxygen atoms in total. The van der Waals surface area contributed by atoms with E-state index in [0.717, 1.165) is 18.5 Å². The molecule has 1 aromatic carbocycles. The van der Waals surface area contributed by atoms with Crippen LogP contribution in [-0.2, 0) is 11.2 Å². The van der Waals surface area contributed by atoms with Crippen molar-refractivity contribution in [1.29, 1.82) is 0 Å². The molecule has 0 amide bonds. The first-order chi connectivity index (χ1) is 9.08. The van der Waals surface area contributed by atoms with E-state index in [0.29, 0.717) is 19.2 Å². The Balaban J connectivity index is 2.61. The molecular weight excluding hydrogens is 238 g/mol. The molecule has 0 saturated heterocycles. The highest BCUT2D eigenvalue weighted by molar-refractivity contribution is 5.24. The fourth-order valence-corrected chi connectivity index (χ4v) is 2.07. The SMILES string of the molecule is CCc1ccc(C(O)CN(CCOC)C(C)C)cc1. The van der Waals surface area contributed by atoms with Gasteiger partial charge >= 0.3 is 0 Å². The summed E-state index contributed by atoms with van der Waals surface area (Å²) in [6.45, 7) is 8.60. The Hall–Kier alpha value is -0.900. The van der Waals surface area contributed by atoms with Crippen molar-refractivity contribution in [1.82, 2.24) is 4.90 Å². The quantitative estimate of drug-likeness (QED) is 0.784. The molecule has 1 atom stereocenters. The lowest BCUT2D eigenvalue weighted by Crippen LogP contribution is -2.37. The predicted octanol–water partition coefficient (Wildman–Crippen LogP) is 2.64. The summed E-state index contributed by atoms with van der Waals surface area (Å²) in [7, 11) is 1.71. The minimum atomic E-state index is -0.440. The van der Waals surface area contributed by atoms with Crippen molar-refractivity contribution in [3.05, 3.63) is 35.4 Å². The van der Waals surface area contributed by atoms with Crippen molar-refractivity contribution in [2.45, 2.75) is 39.3 Å². The van der Waals surface area contributed by atoms with Gasteiger partial charge in [0.1, 0.15) is 0 Å². The van der Waals surface area contributed by atoms with Crippen LogP contribution in [0.4, 0.5) is 0 Å². The van der Waals surface area contributed by atoms with Crippen molar-refractivity contribution < 1.29 is 9.84 Å². The number of nitrogens with zero attached hydrogens (tertiary/aromatic N) is 1. The molecule has 0 bridgehead atoms. The number of hydrogen-bond acceptors (Lipinski definition) is 3. The largest absolute Gasteiger partial charge is 0.387 e. The summed E-state index contributed by atoms with van der Waals surface area (Å²) in [6.07, 6.45) is 0.590. The lowest BCUT2D eigenvalue weighted by molar-refractivity contribution is 0.0721. The lowest BCUT2D eigenvalue weighted by atomic mass is 10.0. The van der Waals surface area contributed by atoms with Gasteiger partial charge in [0.05, 0.1) is 12.7 Å². The van der Waals surface area contributed by atoms with Crippen LogP contribution in [-0.4, -0.2) is 42.9 Å². The van der Waals surface area contributed by atoms with Gasteiger partial charge in [-0.2, -0.15) is 0 Å². The number of aryl methyl sites for hydroxylation is 1. The van der Waals surface area contributed by atoms with E-state index < -0.39 is 6.10 Å². The molecule has 19 heavy (non-hydrogen) atoms. The van der Waals surface area contributed by atoms with Gasteiger partial charge < -0.3 is 9.84 Å². The van der Waals surface area contributed by atoms with Gasteiger partial charge in [0.2, 0.25) is 0 Å². The van der Waals surface area contributed by atoms with Gasteiger partial charge in [-0.3, -0.25) is 4.90 Å². The van der Waals surface area contributed by atoms with Crippen LogP contribution in [0.1, 0.15) is 38.0 Å². The van der Waals surface area contributed by atoms with Crippen molar-refractivity contribution >= 4 is 0 Å². The third kappa shape index (κ3) is 5.31. The molecule has 108 valence electrons. The number of rotatable bonds is 8. The zero-order chi connectivity index (χ0) is 14.3. The van der Waals surface area contributed by atoms with Crippen LogP contribution in [0.15, 0.2) is 24.3 Å². The van der Waals surface area contributed by atoms with Gasteiger partial charge in [-0.15, -0.1) is 0 Å². The van der Waals surface area contributed by atoms with Crippen molar-refractivity contribution in [2.24, 2.45) is 0 Å². The molecule has 1 rings (SSSR count). The second kappa shape index (κ2) is 8.31. The minimum Gasteiger partial charge on any atom is -0.387 e. The van der Waals surface area contributed by atoms with Crippen LogP contribution >= 0.6 is 0 Å². The zero-order valence-corrected chi connectivity index (χ0v) is 12.6. The van der Waals surface area contributed by atoms with E-state index in [2.05, 4.69) is 37.8 Å².